The molecule has 0 saturated carbocycles. The molecule has 0 atom stereocenters. The highest BCUT2D eigenvalue weighted by Gasteiger charge is 2.30. The van der Waals surface area contributed by atoms with Crippen molar-refractivity contribution in [2.45, 2.75) is 27.1 Å². The maximum Gasteiger partial charge on any atom is 0.320 e. The summed E-state index contributed by atoms with van der Waals surface area (Å²) in [6.07, 6.45) is 0.206. The fraction of sp³-hybridized carbons (Fsp3) is 0.467. The first-order valence-corrected chi connectivity index (χ1v) is 7.32. The Morgan fingerprint density at radius 3 is 2.24 bits per heavy atom. The van der Waals surface area contributed by atoms with Gasteiger partial charge >= 0.3 is 11.9 Å². The Morgan fingerprint density at radius 2 is 1.76 bits per heavy atom. The van der Waals surface area contributed by atoms with Gasteiger partial charge in [-0.3, -0.25) is 9.59 Å². The standard InChI is InChI=1S/C15H19BClO4/c1-4-20-14(18)12(15(19)21-5-2)9-10-8-11(17)6-7-13(10)16-3/h6-8,12H,4-5,9H2,1-3H3. The Hall–Kier alpha value is -1.49. The van der Waals surface area contributed by atoms with E-state index < -0.39 is 17.9 Å². The Kier molecular flexibility index (Phi) is 7.30. The van der Waals surface area contributed by atoms with Gasteiger partial charge in [-0.05, 0) is 32.4 Å². The van der Waals surface area contributed by atoms with Crippen molar-refractivity contribution in [3.05, 3.63) is 28.8 Å². The van der Waals surface area contributed by atoms with Crippen LogP contribution in [-0.2, 0) is 25.5 Å². The average molecular weight is 310 g/mol. The van der Waals surface area contributed by atoms with E-state index in [4.69, 9.17) is 21.1 Å². The van der Waals surface area contributed by atoms with Crippen LogP contribution in [0.25, 0.3) is 0 Å². The van der Waals surface area contributed by atoms with Crippen LogP contribution in [-0.4, -0.2) is 32.4 Å². The van der Waals surface area contributed by atoms with Crippen LogP contribution in [0.5, 0.6) is 0 Å². The molecule has 0 aliphatic heterocycles. The van der Waals surface area contributed by atoms with Crippen molar-refractivity contribution in [1.29, 1.82) is 0 Å². The highest BCUT2D eigenvalue weighted by molar-refractivity contribution is 6.52. The van der Waals surface area contributed by atoms with Crippen molar-refractivity contribution in [2.24, 2.45) is 5.92 Å². The normalized spacial score (nSPS) is 10.3. The van der Waals surface area contributed by atoms with E-state index in [-0.39, 0.29) is 19.6 Å². The quantitative estimate of drug-likeness (QED) is 0.439. The Balaban J connectivity index is 3.02. The van der Waals surface area contributed by atoms with Gasteiger partial charge in [0, 0.05) is 5.02 Å². The van der Waals surface area contributed by atoms with Crippen molar-refractivity contribution in [3.63, 3.8) is 0 Å². The van der Waals surface area contributed by atoms with Gasteiger partial charge in [0.05, 0.1) is 13.2 Å². The van der Waals surface area contributed by atoms with Gasteiger partial charge in [-0.25, -0.2) is 0 Å². The van der Waals surface area contributed by atoms with Crippen molar-refractivity contribution in [1.82, 2.24) is 0 Å². The number of hydrogen-bond acceptors (Lipinski definition) is 4. The predicted molar refractivity (Wildman–Crippen MR) is 83.2 cm³/mol. The van der Waals surface area contributed by atoms with Crippen LogP contribution in [0.3, 0.4) is 0 Å². The molecule has 0 fully saturated rings. The van der Waals surface area contributed by atoms with E-state index in [1.54, 1.807) is 26.0 Å². The number of carbonyl (C=O) groups excluding carboxylic acids is 2. The number of hydrogen-bond donors (Lipinski definition) is 0. The summed E-state index contributed by atoms with van der Waals surface area (Å²) in [7, 11) is 1.90. The molecule has 4 nitrogen and oxygen atoms in total. The molecule has 113 valence electrons. The lowest BCUT2D eigenvalue weighted by molar-refractivity contribution is -0.161. The van der Waals surface area contributed by atoms with Crippen LogP contribution in [0.1, 0.15) is 19.4 Å². The molecule has 0 amide bonds. The van der Waals surface area contributed by atoms with Gasteiger partial charge in [-0.2, -0.15) is 0 Å². The molecule has 0 aromatic heterocycles. The molecule has 0 heterocycles. The van der Waals surface area contributed by atoms with Crippen molar-refractivity contribution >= 4 is 36.3 Å². The SMILES string of the molecule is C[B]c1ccc(Cl)cc1CC(C(=O)OCC)C(=O)OCC. The van der Waals surface area contributed by atoms with E-state index in [1.807, 2.05) is 20.2 Å². The second-order valence-electron chi connectivity index (χ2n) is 4.39. The summed E-state index contributed by atoms with van der Waals surface area (Å²) in [6, 6.07) is 5.37. The largest absolute Gasteiger partial charge is 0.465 e. The summed E-state index contributed by atoms with van der Waals surface area (Å²) in [5, 5.41) is 0.557. The van der Waals surface area contributed by atoms with Gasteiger partial charge in [-0.1, -0.05) is 35.5 Å². The summed E-state index contributed by atoms with van der Waals surface area (Å²) in [4.78, 5) is 24.0. The van der Waals surface area contributed by atoms with E-state index in [1.165, 1.54) is 0 Å². The third-order valence-electron chi connectivity index (χ3n) is 2.98. The number of rotatable bonds is 7. The summed E-state index contributed by atoms with van der Waals surface area (Å²) in [5.74, 6) is -2.11. The van der Waals surface area contributed by atoms with Crippen LogP contribution in [0.4, 0.5) is 0 Å². The molecule has 0 aliphatic carbocycles. The lowest BCUT2D eigenvalue weighted by Crippen LogP contribution is -2.32. The van der Waals surface area contributed by atoms with Crippen LogP contribution < -0.4 is 5.46 Å². The second-order valence-corrected chi connectivity index (χ2v) is 4.83. The van der Waals surface area contributed by atoms with Gasteiger partial charge in [0.1, 0.15) is 7.28 Å². The van der Waals surface area contributed by atoms with Gasteiger partial charge in [-0.15, -0.1) is 0 Å². The van der Waals surface area contributed by atoms with E-state index in [0.717, 1.165) is 11.0 Å². The molecule has 1 rings (SSSR count). The van der Waals surface area contributed by atoms with Gasteiger partial charge in [0.15, 0.2) is 5.92 Å². The molecule has 0 aliphatic rings. The fourth-order valence-corrected chi connectivity index (χ4v) is 2.20. The highest BCUT2D eigenvalue weighted by Crippen LogP contribution is 2.16. The number of benzene rings is 1. The summed E-state index contributed by atoms with van der Waals surface area (Å²) >= 11 is 5.99. The number of halogens is 1. The minimum atomic E-state index is -0.970. The zero-order valence-corrected chi connectivity index (χ0v) is 13.3. The lowest BCUT2D eigenvalue weighted by Gasteiger charge is -2.16. The van der Waals surface area contributed by atoms with Crippen LogP contribution in [0.2, 0.25) is 11.8 Å². The molecule has 0 spiro atoms. The van der Waals surface area contributed by atoms with E-state index in [9.17, 15) is 9.59 Å². The molecule has 0 unspecified atom stereocenters. The maximum absolute atomic E-state index is 12.0. The van der Waals surface area contributed by atoms with E-state index in [2.05, 4.69) is 0 Å². The van der Waals surface area contributed by atoms with Crippen molar-refractivity contribution in [2.75, 3.05) is 13.2 Å². The third kappa shape index (κ3) is 5.08. The third-order valence-corrected chi connectivity index (χ3v) is 3.22. The minimum Gasteiger partial charge on any atom is -0.465 e. The van der Waals surface area contributed by atoms with Gasteiger partial charge in [0.25, 0.3) is 0 Å². The zero-order chi connectivity index (χ0) is 15.8. The molecular formula is C15H19BClO4. The number of carbonyl (C=O) groups is 2. The predicted octanol–water partition coefficient (Wildman–Crippen LogP) is 2.00. The van der Waals surface area contributed by atoms with Gasteiger partial charge < -0.3 is 9.47 Å². The monoisotopic (exact) mass is 309 g/mol. The van der Waals surface area contributed by atoms with Crippen molar-refractivity contribution < 1.29 is 19.1 Å². The molecule has 1 aromatic rings. The maximum atomic E-state index is 12.0. The number of ether oxygens (including phenoxy) is 2. The first-order chi connectivity index (χ1) is 10.0. The number of esters is 2. The minimum absolute atomic E-state index is 0.206. The summed E-state index contributed by atoms with van der Waals surface area (Å²) < 4.78 is 9.93. The molecule has 21 heavy (non-hydrogen) atoms. The fourth-order valence-electron chi connectivity index (χ4n) is 2.00. The topological polar surface area (TPSA) is 52.6 Å². The molecule has 0 bridgehead atoms. The summed E-state index contributed by atoms with van der Waals surface area (Å²) in [6.45, 7) is 5.72. The van der Waals surface area contributed by atoms with Crippen LogP contribution in [0.15, 0.2) is 18.2 Å². The highest BCUT2D eigenvalue weighted by atomic mass is 35.5. The molecule has 6 heteroatoms. The molecule has 0 N–H and O–H groups in total. The Bertz CT molecular complexity index is 486. The van der Waals surface area contributed by atoms with Gasteiger partial charge in [0.2, 0.25) is 0 Å². The Labute approximate surface area is 131 Å². The average Bonchev–Trinajstić information content (AvgIpc) is 2.45. The van der Waals surface area contributed by atoms with E-state index >= 15 is 0 Å². The van der Waals surface area contributed by atoms with Crippen LogP contribution >= 0.6 is 11.6 Å². The first-order valence-electron chi connectivity index (χ1n) is 6.94. The summed E-state index contributed by atoms with van der Waals surface area (Å²) in [5.41, 5.74) is 1.74. The second kappa shape index (κ2) is 8.72. The molecule has 0 saturated heterocycles. The smallest absolute Gasteiger partial charge is 0.320 e. The molecule has 1 aromatic carbocycles. The molecular weight excluding hydrogens is 290 g/mol. The Morgan fingerprint density at radius 1 is 1.19 bits per heavy atom. The first kappa shape index (κ1) is 17.6. The zero-order valence-electron chi connectivity index (χ0n) is 12.5. The van der Waals surface area contributed by atoms with Crippen molar-refractivity contribution in [3.8, 4) is 0 Å². The van der Waals surface area contributed by atoms with Crippen LogP contribution in [0, 0.1) is 5.92 Å². The molecule has 1 radical (unpaired) electrons. The lowest BCUT2D eigenvalue weighted by atomic mass is 9.70. The van der Waals surface area contributed by atoms with E-state index in [0.29, 0.717) is 5.02 Å².